The number of esters is 1. The summed E-state index contributed by atoms with van der Waals surface area (Å²) in [7, 11) is 0. The number of rotatable bonds is 4. The minimum atomic E-state index is -0.561. The Labute approximate surface area is 142 Å². The molecule has 0 N–H and O–H groups in total. The van der Waals surface area contributed by atoms with Gasteiger partial charge in [0.2, 0.25) is 0 Å². The SMILES string of the molecule is CCOC(=O)[C@@H]1CC2(CCCCC2)[C@H](Sc2ccccc2)C1=O. The molecule has 0 bridgehead atoms. The van der Waals surface area contributed by atoms with Crippen LogP contribution in [-0.2, 0) is 14.3 Å². The molecule has 0 aromatic heterocycles. The van der Waals surface area contributed by atoms with Crippen molar-refractivity contribution in [1.82, 2.24) is 0 Å². The van der Waals surface area contributed by atoms with E-state index in [1.54, 1.807) is 18.7 Å². The van der Waals surface area contributed by atoms with Crippen molar-refractivity contribution in [2.24, 2.45) is 11.3 Å². The van der Waals surface area contributed by atoms with E-state index in [1.165, 1.54) is 6.42 Å². The van der Waals surface area contributed by atoms with Crippen LogP contribution in [0.25, 0.3) is 0 Å². The van der Waals surface area contributed by atoms with Crippen LogP contribution in [0.15, 0.2) is 35.2 Å². The molecular weight excluding hydrogens is 308 g/mol. The summed E-state index contributed by atoms with van der Waals surface area (Å²) < 4.78 is 5.16. The third kappa shape index (κ3) is 3.32. The van der Waals surface area contributed by atoms with Crippen LogP contribution in [-0.4, -0.2) is 23.6 Å². The van der Waals surface area contributed by atoms with Gasteiger partial charge in [0.05, 0.1) is 11.9 Å². The lowest BCUT2D eigenvalue weighted by atomic mass is 9.72. The first-order valence-corrected chi connectivity index (χ1v) is 9.46. The fraction of sp³-hybridized carbons (Fsp3) is 0.579. The van der Waals surface area contributed by atoms with E-state index >= 15 is 0 Å². The van der Waals surface area contributed by atoms with Crippen molar-refractivity contribution in [2.45, 2.75) is 55.6 Å². The van der Waals surface area contributed by atoms with Gasteiger partial charge in [-0.2, -0.15) is 0 Å². The highest BCUT2D eigenvalue weighted by molar-refractivity contribution is 8.00. The van der Waals surface area contributed by atoms with Gasteiger partial charge in [-0.3, -0.25) is 9.59 Å². The second-order valence-electron chi connectivity index (χ2n) is 6.65. The van der Waals surface area contributed by atoms with Gasteiger partial charge < -0.3 is 4.74 Å². The van der Waals surface area contributed by atoms with Crippen molar-refractivity contribution < 1.29 is 14.3 Å². The molecule has 1 aromatic rings. The van der Waals surface area contributed by atoms with E-state index in [-0.39, 0.29) is 22.4 Å². The van der Waals surface area contributed by atoms with Gasteiger partial charge >= 0.3 is 5.97 Å². The molecular formula is C19H24O3S. The number of carbonyl (C=O) groups excluding carboxylic acids is 2. The largest absolute Gasteiger partial charge is 0.465 e. The van der Waals surface area contributed by atoms with Gasteiger partial charge in [0.25, 0.3) is 0 Å². The Hall–Kier alpha value is -1.29. The highest BCUT2D eigenvalue weighted by Crippen LogP contribution is 2.55. The molecule has 0 saturated heterocycles. The molecule has 0 amide bonds. The number of thioether (sulfide) groups is 1. The molecule has 2 atom stereocenters. The van der Waals surface area contributed by atoms with Crippen LogP contribution < -0.4 is 0 Å². The Bertz CT molecular complexity index is 563. The van der Waals surface area contributed by atoms with Crippen molar-refractivity contribution >= 4 is 23.5 Å². The minimum absolute atomic E-state index is 0.0206. The molecule has 124 valence electrons. The number of carbonyl (C=O) groups is 2. The first-order chi connectivity index (χ1) is 11.2. The molecule has 4 heteroatoms. The van der Waals surface area contributed by atoms with E-state index in [0.717, 1.165) is 30.6 Å². The fourth-order valence-electron chi connectivity index (χ4n) is 4.08. The Morgan fingerprint density at radius 3 is 2.57 bits per heavy atom. The van der Waals surface area contributed by atoms with Gasteiger partial charge in [0, 0.05) is 4.90 Å². The molecule has 0 aliphatic heterocycles. The summed E-state index contributed by atoms with van der Waals surface area (Å²) in [6.07, 6.45) is 6.35. The summed E-state index contributed by atoms with van der Waals surface area (Å²) >= 11 is 1.65. The third-order valence-electron chi connectivity index (χ3n) is 5.19. The molecule has 0 unspecified atom stereocenters. The molecule has 1 spiro atoms. The summed E-state index contributed by atoms with van der Waals surface area (Å²) in [4.78, 5) is 26.3. The fourth-order valence-corrected chi connectivity index (χ4v) is 5.53. The zero-order chi connectivity index (χ0) is 16.3. The summed E-state index contributed by atoms with van der Waals surface area (Å²) in [5, 5.41) is -0.111. The zero-order valence-corrected chi connectivity index (χ0v) is 14.4. The lowest BCUT2D eigenvalue weighted by Crippen LogP contribution is -2.33. The third-order valence-corrected chi connectivity index (χ3v) is 6.70. The maximum absolute atomic E-state index is 13.0. The number of hydrogen-bond donors (Lipinski definition) is 0. The highest BCUT2D eigenvalue weighted by Gasteiger charge is 2.56. The second kappa shape index (κ2) is 7.08. The first kappa shape index (κ1) is 16.6. The van der Waals surface area contributed by atoms with Gasteiger partial charge in [0.1, 0.15) is 5.92 Å². The van der Waals surface area contributed by atoms with Gasteiger partial charge in [-0.25, -0.2) is 0 Å². The average molecular weight is 332 g/mol. The summed E-state index contributed by atoms with van der Waals surface area (Å²) in [6.45, 7) is 2.13. The van der Waals surface area contributed by atoms with E-state index in [4.69, 9.17) is 4.74 Å². The average Bonchev–Trinajstić information content (AvgIpc) is 2.83. The Morgan fingerprint density at radius 1 is 1.22 bits per heavy atom. The molecule has 0 radical (unpaired) electrons. The summed E-state index contributed by atoms with van der Waals surface area (Å²) in [5.41, 5.74) is -0.0206. The van der Waals surface area contributed by atoms with Crippen molar-refractivity contribution in [1.29, 1.82) is 0 Å². The van der Waals surface area contributed by atoms with Crippen molar-refractivity contribution in [3.05, 3.63) is 30.3 Å². The Morgan fingerprint density at radius 2 is 1.91 bits per heavy atom. The van der Waals surface area contributed by atoms with E-state index in [1.807, 2.05) is 30.3 Å². The topological polar surface area (TPSA) is 43.4 Å². The maximum Gasteiger partial charge on any atom is 0.316 e. The number of ketones is 1. The number of ether oxygens (including phenoxy) is 1. The van der Waals surface area contributed by atoms with Crippen molar-refractivity contribution in [3.63, 3.8) is 0 Å². The first-order valence-electron chi connectivity index (χ1n) is 8.58. The van der Waals surface area contributed by atoms with Crippen LogP contribution in [0, 0.1) is 11.3 Å². The molecule has 1 aromatic carbocycles. The van der Waals surface area contributed by atoms with Crippen LogP contribution in [0.2, 0.25) is 0 Å². The predicted octanol–water partition coefficient (Wildman–Crippen LogP) is 4.25. The molecule has 3 rings (SSSR count). The number of benzene rings is 1. The monoisotopic (exact) mass is 332 g/mol. The predicted molar refractivity (Wildman–Crippen MR) is 91.4 cm³/mol. The lowest BCUT2D eigenvalue weighted by molar-refractivity contribution is -0.150. The quantitative estimate of drug-likeness (QED) is 0.611. The lowest BCUT2D eigenvalue weighted by Gasteiger charge is -2.37. The van der Waals surface area contributed by atoms with Crippen LogP contribution in [0.4, 0.5) is 0 Å². The molecule has 3 nitrogen and oxygen atoms in total. The minimum Gasteiger partial charge on any atom is -0.465 e. The molecule has 2 aliphatic carbocycles. The normalized spacial score (nSPS) is 26.4. The van der Waals surface area contributed by atoms with Gasteiger partial charge in [-0.05, 0) is 43.7 Å². The van der Waals surface area contributed by atoms with E-state index in [2.05, 4.69) is 0 Å². The maximum atomic E-state index is 13.0. The zero-order valence-electron chi connectivity index (χ0n) is 13.6. The van der Waals surface area contributed by atoms with Crippen LogP contribution in [0.3, 0.4) is 0 Å². The standard InChI is InChI=1S/C19H24O3S/c1-2-22-18(21)15-13-19(11-7-4-8-12-19)17(16(15)20)23-14-9-5-3-6-10-14/h3,5-6,9-10,15,17H,2,4,7-8,11-13H2,1H3/t15-,17-/m1/s1. The van der Waals surface area contributed by atoms with Crippen molar-refractivity contribution in [2.75, 3.05) is 6.61 Å². The van der Waals surface area contributed by atoms with Gasteiger partial charge in [-0.1, -0.05) is 37.5 Å². The smallest absolute Gasteiger partial charge is 0.316 e. The van der Waals surface area contributed by atoms with E-state index < -0.39 is 5.92 Å². The number of hydrogen-bond acceptors (Lipinski definition) is 4. The van der Waals surface area contributed by atoms with Crippen molar-refractivity contribution in [3.8, 4) is 0 Å². The molecule has 2 aliphatic rings. The van der Waals surface area contributed by atoms with Gasteiger partial charge in [0.15, 0.2) is 5.78 Å². The molecule has 0 heterocycles. The Kier molecular flexibility index (Phi) is 5.10. The molecule has 2 fully saturated rings. The molecule has 2 saturated carbocycles. The second-order valence-corrected chi connectivity index (χ2v) is 7.82. The van der Waals surface area contributed by atoms with Crippen LogP contribution in [0.1, 0.15) is 45.4 Å². The summed E-state index contributed by atoms with van der Waals surface area (Å²) in [6, 6.07) is 10.1. The van der Waals surface area contributed by atoms with Crippen LogP contribution >= 0.6 is 11.8 Å². The highest BCUT2D eigenvalue weighted by atomic mass is 32.2. The van der Waals surface area contributed by atoms with E-state index in [9.17, 15) is 9.59 Å². The van der Waals surface area contributed by atoms with Crippen LogP contribution in [0.5, 0.6) is 0 Å². The molecule has 23 heavy (non-hydrogen) atoms. The van der Waals surface area contributed by atoms with E-state index in [0.29, 0.717) is 13.0 Å². The summed E-state index contributed by atoms with van der Waals surface area (Å²) in [5.74, 6) is -0.799. The Balaban J connectivity index is 1.86. The number of Topliss-reactive ketones (excluding diaryl/α,β-unsaturated/α-hetero) is 1. The van der Waals surface area contributed by atoms with Gasteiger partial charge in [-0.15, -0.1) is 11.8 Å².